The van der Waals surface area contributed by atoms with Crippen LogP contribution < -0.4 is 10.5 Å². The van der Waals surface area contributed by atoms with Crippen LogP contribution in [-0.4, -0.2) is 22.6 Å². The Kier molecular flexibility index (Phi) is 4.28. The summed E-state index contributed by atoms with van der Waals surface area (Å²) in [6, 6.07) is 15.5. The molecule has 0 saturated heterocycles. The van der Waals surface area contributed by atoms with Crippen LogP contribution in [-0.2, 0) is 0 Å². The van der Waals surface area contributed by atoms with E-state index in [4.69, 9.17) is 4.42 Å². The van der Waals surface area contributed by atoms with E-state index in [1.165, 1.54) is 0 Å². The number of benzene rings is 2. The molecule has 4 aromatic rings. The number of rotatable bonds is 5. The number of nitrogens with zero attached hydrogens (tertiary/aromatic N) is 3. The summed E-state index contributed by atoms with van der Waals surface area (Å²) in [6.45, 7) is 9.87. The summed E-state index contributed by atoms with van der Waals surface area (Å²) >= 11 is 0. The molecular formula is C22H21N3O2. The summed E-state index contributed by atoms with van der Waals surface area (Å²) in [5.41, 5.74) is 3.35. The molecule has 0 atom stereocenters. The van der Waals surface area contributed by atoms with E-state index in [-0.39, 0.29) is 0 Å². The molecule has 0 bridgehead atoms. The van der Waals surface area contributed by atoms with Gasteiger partial charge in [-0.3, -0.25) is 4.57 Å². The lowest BCUT2D eigenvalue weighted by molar-refractivity contribution is 0.562. The number of para-hydroxylation sites is 2. The van der Waals surface area contributed by atoms with Gasteiger partial charge in [0.05, 0.1) is 11.0 Å². The SMILES string of the molecule is C=Cn1c(-c2cc3ccc(N(CC)CC)cc3oc2=O)nc2ccccc21. The maximum absolute atomic E-state index is 12.7. The van der Waals surface area contributed by atoms with E-state index in [0.29, 0.717) is 17.0 Å². The predicted molar refractivity (Wildman–Crippen MR) is 111 cm³/mol. The maximum atomic E-state index is 12.7. The molecule has 0 unspecified atom stereocenters. The van der Waals surface area contributed by atoms with Crippen LogP contribution in [0.15, 0.2) is 64.3 Å². The summed E-state index contributed by atoms with van der Waals surface area (Å²) in [7, 11) is 0. The Bertz CT molecular complexity index is 1200. The smallest absolute Gasteiger partial charge is 0.347 e. The van der Waals surface area contributed by atoms with Crippen molar-refractivity contribution in [1.82, 2.24) is 9.55 Å². The van der Waals surface area contributed by atoms with Gasteiger partial charge in [0.1, 0.15) is 11.1 Å². The highest BCUT2D eigenvalue weighted by molar-refractivity contribution is 5.87. The molecule has 2 aromatic carbocycles. The molecule has 0 aliphatic heterocycles. The van der Waals surface area contributed by atoms with Crippen molar-refractivity contribution in [2.75, 3.05) is 18.0 Å². The molecule has 0 saturated carbocycles. The predicted octanol–water partition coefficient (Wildman–Crippen LogP) is 4.76. The Hall–Kier alpha value is -3.34. The van der Waals surface area contributed by atoms with Crippen molar-refractivity contribution < 1.29 is 4.42 Å². The van der Waals surface area contributed by atoms with Crippen molar-refractivity contribution in [1.29, 1.82) is 0 Å². The lowest BCUT2D eigenvalue weighted by Crippen LogP contribution is -2.21. The van der Waals surface area contributed by atoms with Crippen LogP contribution in [0.1, 0.15) is 13.8 Å². The van der Waals surface area contributed by atoms with Gasteiger partial charge in [0.25, 0.3) is 0 Å². The largest absolute Gasteiger partial charge is 0.422 e. The first-order valence-electron chi connectivity index (χ1n) is 9.09. The van der Waals surface area contributed by atoms with Gasteiger partial charge in [-0.25, -0.2) is 9.78 Å². The Balaban J connectivity index is 1.91. The second kappa shape index (κ2) is 6.76. The Labute approximate surface area is 157 Å². The highest BCUT2D eigenvalue weighted by Gasteiger charge is 2.16. The summed E-state index contributed by atoms with van der Waals surface area (Å²) in [6.07, 6.45) is 1.66. The van der Waals surface area contributed by atoms with Gasteiger partial charge in [0.15, 0.2) is 5.82 Å². The van der Waals surface area contributed by atoms with E-state index >= 15 is 0 Å². The van der Waals surface area contributed by atoms with Gasteiger partial charge >= 0.3 is 5.63 Å². The van der Waals surface area contributed by atoms with Crippen molar-refractivity contribution in [2.24, 2.45) is 0 Å². The van der Waals surface area contributed by atoms with E-state index in [1.54, 1.807) is 6.20 Å². The quantitative estimate of drug-likeness (QED) is 0.482. The monoisotopic (exact) mass is 359 g/mol. The fourth-order valence-corrected chi connectivity index (χ4v) is 3.46. The highest BCUT2D eigenvalue weighted by Crippen LogP contribution is 2.27. The molecule has 0 radical (unpaired) electrons. The fourth-order valence-electron chi connectivity index (χ4n) is 3.46. The van der Waals surface area contributed by atoms with Crippen molar-refractivity contribution in [3.8, 4) is 11.4 Å². The average molecular weight is 359 g/mol. The molecule has 4 rings (SSSR count). The van der Waals surface area contributed by atoms with E-state index in [9.17, 15) is 4.79 Å². The Morgan fingerprint density at radius 2 is 1.93 bits per heavy atom. The van der Waals surface area contributed by atoms with Gasteiger partial charge in [0, 0.05) is 36.4 Å². The minimum Gasteiger partial charge on any atom is -0.422 e. The molecular weight excluding hydrogens is 338 g/mol. The van der Waals surface area contributed by atoms with Gasteiger partial charge in [-0.15, -0.1) is 0 Å². The van der Waals surface area contributed by atoms with E-state index in [2.05, 4.69) is 36.4 Å². The molecule has 0 amide bonds. The second-order valence-corrected chi connectivity index (χ2v) is 6.32. The minimum absolute atomic E-state index is 0.405. The Morgan fingerprint density at radius 1 is 1.15 bits per heavy atom. The van der Waals surface area contributed by atoms with E-state index in [0.717, 1.165) is 35.2 Å². The molecule has 0 aliphatic rings. The molecule has 5 heteroatoms. The van der Waals surface area contributed by atoms with E-state index in [1.807, 2.05) is 47.0 Å². The van der Waals surface area contributed by atoms with E-state index < -0.39 is 5.63 Å². The molecule has 2 aromatic heterocycles. The lowest BCUT2D eigenvalue weighted by atomic mass is 10.1. The summed E-state index contributed by atoms with van der Waals surface area (Å²) in [5, 5.41) is 0.864. The third-order valence-electron chi connectivity index (χ3n) is 4.87. The number of aromatic nitrogens is 2. The zero-order chi connectivity index (χ0) is 19.0. The maximum Gasteiger partial charge on any atom is 0.347 e. The molecule has 27 heavy (non-hydrogen) atoms. The summed E-state index contributed by atoms with van der Waals surface area (Å²) in [4.78, 5) is 19.6. The summed E-state index contributed by atoms with van der Waals surface area (Å²) in [5.74, 6) is 0.537. The van der Waals surface area contributed by atoms with Crippen molar-refractivity contribution in [2.45, 2.75) is 13.8 Å². The second-order valence-electron chi connectivity index (χ2n) is 6.32. The average Bonchev–Trinajstić information content (AvgIpc) is 3.06. The van der Waals surface area contributed by atoms with Gasteiger partial charge < -0.3 is 9.32 Å². The number of anilines is 1. The standard InChI is InChI=1S/C22H21N3O2/c1-4-24(5-2)16-12-11-15-13-17(22(26)27-20(15)14-16)21-23-18-9-7-8-10-19(18)25(21)6-3/h6-14H,3-5H2,1-2H3. The lowest BCUT2D eigenvalue weighted by Gasteiger charge is -2.21. The van der Waals surface area contributed by atoms with Crippen molar-refractivity contribution in [3.05, 3.63) is 65.5 Å². The first kappa shape index (κ1) is 17.1. The van der Waals surface area contributed by atoms with Crippen LogP contribution in [0.5, 0.6) is 0 Å². The highest BCUT2D eigenvalue weighted by atomic mass is 16.4. The number of imidazole rings is 1. The third kappa shape index (κ3) is 2.81. The normalized spacial score (nSPS) is 11.2. The third-order valence-corrected chi connectivity index (χ3v) is 4.87. The van der Waals surface area contributed by atoms with Gasteiger partial charge in [0.2, 0.25) is 0 Å². The molecule has 2 heterocycles. The van der Waals surface area contributed by atoms with Crippen LogP contribution in [0, 0.1) is 0 Å². The van der Waals surface area contributed by atoms with Crippen LogP contribution in [0.2, 0.25) is 0 Å². The topological polar surface area (TPSA) is 51.3 Å². The number of fused-ring (bicyclic) bond motifs is 2. The van der Waals surface area contributed by atoms with Gasteiger partial charge in [-0.05, 0) is 44.2 Å². The first-order valence-corrected chi connectivity index (χ1v) is 9.09. The number of hydrogen-bond acceptors (Lipinski definition) is 4. The zero-order valence-electron chi connectivity index (χ0n) is 15.5. The van der Waals surface area contributed by atoms with Crippen molar-refractivity contribution >= 4 is 33.9 Å². The first-order chi connectivity index (χ1) is 13.2. The van der Waals surface area contributed by atoms with Crippen LogP contribution >= 0.6 is 0 Å². The Morgan fingerprint density at radius 3 is 2.67 bits per heavy atom. The van der Waals surface area contributed by atoms with Crippen LogP contribution in [0.4, 0.5) is 5.69 Å². The van der Waals surface area contributed by atoms with Gasteiger partial charge in [-0.2, -0.15) is 0 Å². The van der Waals surface area contributed by atoms with Crippen molar-refractivity contribution in [3.63, 3.8) is 0 Å². The van der Waals surface area contributed by atoms with Crippen LogP contribution in [0.3, 0.4) is 0 Å². The fraction of sp³-hybridized carbons (Fsp3) is 0.182. The molecule has 136 valence electrons. The zero-order valence-corrected chi connectivity index (χ0v) is 15.5. The summed E-state index contributed by atoms with van der Waals surface area (Å²) < 4.78 is 7.47. The molecule has 0 N–H and O–H groups in total. The van der Waals surface area contributed by atoms with Crippen LogP contribution in [0.25, 0.3) is 39.6 Å². The molecule has 0 spiro atoms. The molecule has 0 fully saturated rings. The minimum atomic E-state index is -0.405. The number of hydrogen-bond donors (Lipinski definition) is 0. The molecule has 0 aliphatic carbocycles. The van der Waals surface area contributed by atoms with Gasteiger partial charge in [-0.1, -0.05) is 18.7 Å². The molecule has 5 nitrogen and oxygen atoms in total.